The summed E-state index contributed by atoms with van der Waals surface area (Å²) in [6.45, 7) is 0. The van der Waals surface area contributed by atoms with Crippen molar-refractivity contribution >= 4 is 5.97 Å². The van der Waals surface area contributed by atoms with Crippen LogP contribution in [0.3, 0.4) is 0 Å². The fourth-order valence-electron chi connectivity index (χ4n) is 1.20. The average molecular weight is 251 g/mol. The third-order valence-corrected chi connectivity index (χ3v) is 2.03. The molecule has 8 heteroatoms. The van der Waals surface area contributed by atoms with Gasteiger partial charge in [0.2, 0.25) is 0 Å². The number of hydrogen-bond donors (Lipinski definition) is 1. The van der Waals surface area contributed by atoms with Gasteiger partial charge in [0.15, 0.2) is 11.5 Å². The lowest BCUT2D eigenvalue weighted by atomic mass is 10.1. The van der Waals surface area contributed by atoms with Crippen molar-refractivity contribution in [1.82, 2.24) is 0 Å². The summed E-state index contributed by atoms with van der Waals surface area (Å²) in [5.41, 5.74) is 5.39. The predicted molar refractivity (Wildman–Crippen MR) is 48.8 cm³/mol. The van der Waals surface area contributed by atoms with Gasteiger partial charge in [-0.15, -0.1) is 0 Å². The fraction of sp³-hybridized carbons (Fsp3) is 0.222. The number of carbonyl (C=O) groups excluding carboxylic acids is 1. The van der Waals surface area contributed by atoms with Crippen molar-refractivity contribution in [3.63, 3.8) is 0 Å². The second kappa shape index (κ2) is 5.94. The maximum atomic E-state index is 12.1. The lowest BCUT2D eigenvalue weighted by molar-refractivity contribution is -0.185. The van der Waals surface area contributed by atoms with Gasteiger partial charge in [-0.2, -0.15) is 0 Å². The molecule has 0 aliphatic heterocycles. The molecule has 2 N–H and O–H groups in total. The van der Waals surface area contributed by atoms with Crippen LogP contribution in [-0.4, -0.2) is 12.0 Å². The van der Waals surface area contributed by atoms with Crippen LogP contribution in [0.1, 0.15) is 5.56 Å². The van der Waals surface area contributed by atoms with Crippen LogP contribution in [0.4, 0.5) is 13.6 Å². The summed E-state index contributed by atoms with van der Waals surface area (Å²) in [4.78, 5) is 20.4. The maximum absolute atomic E-state index is 12.1. The molecule has 1 aromatic carbocycles. The third kappa shape index (κ3) is 3.25. The van der Waals surface area contributed by atoms with E-state index in [0.29, 0.717) is 0 Å². The zero-order valence-corrected chi connectivity index (χ0v) is 8.36. The van der Waals surface area contributed by atoms with Crippen LogP contribution < -0.4 is 15.6 Å². The topological polar surface area (TPSA) is 70.8 Å². The molecule has 1 atom stereocenters. The Hall–Kier alpha value is -1.96. The molecular weight excluding hydrogens is 243 g/mol. The molecule has 17 heavy (non-hydrogen) atoms. The number of benzene rings is 1. The Balaban J connectivity index is 2.87. The van der Waals surface area contributed by atoms with Gasteiger partial charge in [-0.1, -0.05) is 6.07 Å². The van der Waals surface area contributed by atoms with Crippen LogP contribution in [0, 0.1) is 0 Å². The van der Waals surface area contributed by atoms with Crippen molar-refractivity contribution in [3.05, 3.63) is 23.8 Å². The molecule has 0 saturated carbocycles. The molecule has 94 valence electrons. The normalized spacial score (nSPS) is 11.8. The molecular formula is C9H8F3NO4. The van der Waals surface area contributed by atoms with Crippen molar-refractivity contribution in [2.45, 2.75) is 12.5 Å². The Morgan fingerprint density at radius 2 is 2.00 bits per heavy atom. The van der Waals surface area contributed by atoms with Gasteiger partial charge in [0, 0.05) is 31.6 Å². The van der Waals surface area contributed by atoms with E-state index in [4.69, 9.17) is 5.73 Å². The first-order chi connectivity index (χ1) is 8.12. The summed E-state index contributed by atoms with van der Waals surface area (Å²) in [5.74, 6) is -1.98. The molecule has 0 unspecified atom stereocenters. The quantitative estimate of drug-likeness (QED) is 0.858. The van der Waals surface area contributed by atoms with Gasteiger partial charge in [0.25, 0.3) is 0 Å². The zero-order chi connectivity index (χ0) is 12.8. The van der Waals surface area contributed by atoms with Crippen molar-refractivity contribution in [2.24, 2.45) is 5.73 Å². The first kappa shape index (κ1) is 13.1. The minimum Gasteiger partial charge on any atom is -0.318 e. The number of halogens is 3. The van der Waals surface area contributed by atoms with Crippen molar-refractivity contribution in [1.29, 1.82) is 0 Å². The van der Waals surface area contributed by atoms with E-state index < -0.39 is 12.0 Å². The van der Waals surface area contributed by atoms with E-state index in [2.05, 4.69) is 14.8 Å². The lowest BCUT2D eigenvalue weighted by Gasteiger charge is -2.09. The highest BCUT2D eigenvalue weighted by atomic mass is 19.3. The summed E-state index contributed by atoms with van der Waals surface area (Å²) in [5, 5.41) is 0. The van der Waals surface area contributed by atoms with Gasteiger partial charge in [-0.3, -0.25) is 14.8 Å². The smallest absolute Gasteiger partial charge is 0.318 e. The van der Waals surface area contributed by atoms with Crippen molar-refractivity contribution < 1.29 is 33.2 Å². The molecule has 0 aliphatic rings. The Morgan fingerprint density at radius 1 is 1.29 bits per heavy atom. The van der Waals surface area contributed by atoms with E-state index in [0.717, 1.165) is 12.1 Å². The van der Waals surface area contributed by atoms with Crippen molar-refractivity contribution in [3.8, 4) is 11.5 Å². The first-order valence-corrected chi connectivity index (χ1v) is 4.40. The molecule has 1 aromatic rings. The number of hydrogen-bond acceptors (Lipinski definition) is 5. The van der Waals surface area contributed by atoms with Gasteiger partial charge in [0.1, 0.15) is 6.04 Å². The lowest BCUT2D eigenvalue weighted by Crippen LogP contribution is -2.33. The van der Waals surface area contributed by atoms with Crippen LogP contribution in [0.25, 0.3) is 0 Å². The summed E-state index contributed by atoms with van der Waals surface area (Å²) in [6.07, 6.45) is -0.241. The highest BCUT2D eigenvalue weighted by Crippen LogP contribution is 2.26. The Kier molecular flexibility index (Phi) is 4.58. The third-order valence-electron chi connectivity index (χ3n) is 2.03. The molecule has 0 heterocycles. The maximum Gasteiger partial charge on any atom is 0.365 e. The Morgan fingerprint density at radius 3 is 2.53 bits per heavy atom. The van der Waals surface area contributed by atoms with Crippen LogP contribution in [0.2, 0.25) is 0 Å². The van der Waals surface area contributed by atoms with Gasteiger partial charge in [-0.05, 0) is 6.07 Å². The molecule has 0 saturated heterocycles. The Bertz CT molecular complexity index is 402. The van der Waals surface area contributed by atoms with Crippen LogP contribution >= 0.6 is 0 Å². The summed E-state index contributed by atoms with van der Waals surface area (Å²) in [7, 11) is 0. The van der Waals surface area contributed by atoms with E-state index in [1.807, 2.05) is 0 Å². The summed E-state index contributed by atoms with van der Waals surface area (Å²) >= 11 is 0. The highest BCUT2D eigenvalue weighted by Gasteiger charge is 2.19. The zero-order valence-electron chi connectivity index (χ0n) is 8.36. The second-order valence-corrected chi connectivity index (χ2v) is 3.13. The van der Waals surface area contributed by atoms with E-state index >= 15 is 0 Å². The molecule has 0 amide bonds. The number of rotatable bonds is 5. The minimum absolute atomic E-state index is 0.131. The molecule has 0 aromatic heterocycles. The predicted octanol–water partition coefficient (Wildman–Crippen LogP) is 1.51. The van der Waals surface area contributed by atoms with Crippen LogP contribution in [0.5, 0.6) is 11.5 Å². The number of carbonyl (C=O) groups is 1. The molecule has 5 nitrogen and oxygen atoms in total. The first-order valence-electron chi connectivity index (χ1n) is 4.40. The van der Waals surface area contributed by atoms with E-state index in [1.165, 1.54) is 6.07 Å². The van der Waals surface area contributed by atoms with E-state index in [-0.39, 0.29) is 23.5 Å². The SMILES string of the molecule is N[C@H](Cc1ccc(OF)cc1OF)C(=O)OF. The summed E-state index contributed by atoms with van der Waals surface area (Å²) in [6, 6.07) is 1.95. The molecule has 0 radical (unpaired) electrons. The monoisotopic (exact) mass is 251 g/mol. The Labute approximate surface area is 93.6 Å². The van der Waals surface area contributed by atoms with E-state index in [1.54, 1.807) is 0 Å². The van der Waals surface area contributed by atoms with E-state index in [9.17, 15) is 18.4 Å². The second-order valence-electron chi connectivity index (χ2n) is 3.13. The van der Waals surface area contributed by atoms with Gasteiger partial charge >= 0.3 is 5.97 Å². The van der Waals surface area contributed by atoms with Gasteiger partial charge in [0.05, 0.1) is 0 Å². The molecule has 0 aliphatic carbocycles. The highest BCUT2D eigenvalue weighted by molar-refractivity contribution is 5.75. The molecule has 0 fully saturated rings. The molecule has 0 spiro atoms. The fourth-order valence-corrected chi connectivity index (χ4v) is 1.20. The summed E-state index contributed by atoms with van der Waals surface area (Å²) < 4.78 is 35.5. The van der Waals surface area contributed by atoms with Gasteiger partial charge < -0.3 is 5.73 Å². The minimum atomic E-state index is -1.33. The number of nitrogens with two attached hydrogens (primary N) is 1. The largest absolute Gasteiger partial charge is 0.365 e. The van der Waals surface area contributed by atoms with Crippen LogP contribution in [-0.2, 0) is 16.2 Å². The standard InChI is InChI=1S/C9H8F3NO4/c10-15-6-2-1-5(8(4-6)16-11)3-7(13)9(14)17-12/h1-2,4,7H,3,13H2/t7-/m1/s1. The molecule has 0 bridgehead atoms. The van der Waals surface area contributed by atoms with Crippen molar-refractivity contribution in [2.75, 3.05) is 0 Å². The average Bonchev–Trinajstić information content (AvgIpc) is 2.37. The molecule has 1 rings (SSSR count). The van der Waals surface area contributed by atoms with Gasteiger partial charge in [-0.25, -0.2) is 4.79 Å². The van der Waals surface area contributed by atoms with Crippen LogP contribution in [0.15, 0.2) is 18.2 Å².